The Bertz CT molecular complexity index is 296. The maximum atomic E-state index is 12.9. The normalized spacial score (nSPS) is 12.9. The molecule has 1 atom stereocenters. The number of rotatable bonds is 4. The van der Waals surface area contributed by atoms with Gasteiger partial charge >= 0.3 is 0 Å². The first-order valence-corrected chi connectivity index (χ1v) is 5.94. The molecule has 0 heterocycles. The van der Waals surface area contributed by atoms with Crippen LogP contribution in [-0.2, 0) is 6.42 Å². The third-order valence-corrected chi connectivity index (χ3v) is 3.59. The molecule has 2 heteroatoms. The van der Waals surface area contributed by atoms with Crippen molar-refractivity contribution >= 4 is 15.9 Å². The molecule has 0 amide bonds. The summed E-state index contributed by atoms with van der Waals surface area (Å²) in [5, 5.41) is 0. The lowest BCUT2D eigenvalue weighted by atomic mass is 10.0. The molecule has 0 saturated heterocycles. The molecule has 1 aromatic carbocycles. The summed E-state index contributed by atoms with van der Waals surface area (Å²) in [5.74, 6) is -0.131. The van der Waals surface area contributed by atoms with Crippen LogP contribution in [0, 0.1) is 12.7 Å². The number of alkyl halides is 1. The molecule has 0 radical (unpaired) electrons. The zero-order chi connectivity index (χ0) is 10.6. The summed E-state index contributed by atoms with van der Waals surface area (Å²) in [4.78, 5) is 0.546. The Morgan fingerprint density at radius 3 is 2.79 bits per heavy atom. The SMILES string of the molecule is CCC(Br)CCc1cc(F)ccc1C. The molecular weight excluding hydrogens is 243 g/mol. The summed E-state index contributed by atoms with van der Waals surface area (Å²) >= 11 is 3.58. The molecule has 0 aromatic heterocycles. The minimum Gasteiger partial charge on any atom is -0.207 e. The van der Waals surface area contributed by atoms with Crippen molar-refractivity contribution in [2.45, 2.75) is 37.9 Å². The van der Waals surface area contributed by atoms with Crippen molar-refractivity contribution in [3.63, 3.8) is 0 Å². The zero-order valence-corrected chi connectivity index (χ0v) is 10.3. The van der Waals surface area contributed by atoms with Crippen LogP contribution in [0.15, 0.2) is 18.2 Å². The molecule has 78 valence electrons. The smallest absolute Gasteiger partial charge is 0.123 e. The van der Waals surface area contributed by atoms with Gasteiger partial charge in [-0.15, -0.1) is 0 Å². The van der Waals surface area contributed by atoms with Crippen LogP contribution in [0.2, 0.25) is 0 Å². The van der Waals surface area contributed by atoms with Gasteiger partial charge in [0.15, 0.2) is 0 Å². The van der Waals surface area contributed by atoms with Gasteiger partial charge < -0.3 is 0 Å². The first-order valence-electron chi connectivity index (χ1n) is 5.02. The van der Waals surface area contributed by atoms with Crippen molar-refractivity contribution in [1.29, 1.82) is 0 Å². The second-order valence-electron chi connectivity index (χ2n) is 3.62. The monoisotopic (exact) mass is 258 g/mol. The quantitative estimate of drug-likeness (QED) is 0.709. The topological polar surface area (TPSA) is 0 Å². The van der Waals surface area contributed by atoms with Crippen LogP contribution in [-0.4, -0.2) is 4.83 Å². The van der Waals surface area contributed by atoms with E-state index in [0.717, 1.165) is 24.8 Å². The summed E-state index contributed by atoms with van der Waals surface area (Å²) in [6, 6.07) is 5.01. The summed E-state index contributed by atoms with van der Waals surface area (Å²) in [7, 11) is 0. The number of aryl methyl sites for hydroxylation is 2. The highest BCUT2D eigenvalue weighted by Crippen LogP contribution is 2.17. The van der Waals surface area contributed by atoms with Crippen molar-refractivity contribution in [3.8, 4) is 0 Å². The average Bonchev–Trinajstić information content (AvgIpc) is 2.19. The highest BCUT2D eigenvalue weighted by Gasteiger charge is 2.04. The molecule has 0 saturated carbocycles. The van der Waals surface area contributed by atoms with E-state index in [-0.39, 0.29) is 5.82 Å². The Balaban J connectivity index is 2.62. The van der Waals surface area contributed by atoms with E-state index in [0.29, 0.717) is 4.83 Å². The molecule has 0 bridgehead atoms. The molecule has 0 aliphatic rings. The van der Waals surface area contributed by atoms with Crippen molar-refractivity contribution < 1.29 is 4.39 Å². The van der Waals surface area contributed by atoms with Gasteiger partial charge in [0.25, 0.3) is 0 Å². The Labute approximate surface area is 93.7 Å². The van der Waals surface area contributed by atoms with Crippen LogP contribution in [0.5, 0.6) is 0 Å². The Kier molecular flexibility index (Phi) is 4.59. The summed E-state index contributed by atoms with van der Waals surface area (Å²) in [6.45, 7) is 4.18. The fraction of sp³-hybridized carbons (Fsp3) is 0.500. The van der Waals surface area contributed by atoms with E-state index in [2.05, 4.69) is 22.9 Å². The van der Waals surface area contributed by atoms with Gasteiger partial charge in [-0.05, 0) is 49.4 Å². The standard InChI is InChI=1S/C12H16BrF/c1-3-11(13)6-5-10-8-12(14)7-4-9(10)2/h4,7-8,11H,3,5-6H2,1-2H3. The molecular formula is C12H16BrF. The summed E-state index contributed by atoms with van der Waals surface area (Å²) in [6.07, 6.45) is 3.14. The first-order chi connectivity index (χ1) is 6.63. The summed E-state index contributed by atoms with van der Waals surface area (Å²) < 4.78 is 12.9. The lowest BCUT2D eigenvalue weighted by molar-refractivity contribution is 0.623. The molecule has 1 unspecified atom stereocenters. The maximum Gasteiger partial charge on any atom is 0.123 e. The van der Waals surface area contributed by atoms with Crippen molar-refractivity contribution in [2.24, 2.45) is 0 Å². The minimum absolute atomic E-state index is 0.131. The van der Waals surface area contributed by atoms with E-state index in [1.165, 1.54) is 11.6 Å². The minimum atomic E-state index is -0.131. The van der Waals surface area contributed by atoms with E-state index in [1.54, 1.807) is 6.07 Å². The molecule has 0 N–H and O–H groups in total. The van der Waals surface area contributed by atoms with Crippen molar-refractivity contribution in [3.05, 3.63) is 35.1 Å². The van der Waals surface area contributed by atoms with Gasteiger partial charge in [-0.3, -0.25) is 0 Å². The Morgan fingerprint density at radius 2 is 2.14 bits per heavy atom. The molecule has 1 rings (SSSR count). The fourth-order valence-electron chi connectivity index (χ4n) is 1.43. The first kappa shape index (κ1) is 11.7. The number of halogens is 2. The van der Waals surface area contributed by atoms with Gasteiger partial charge in [0.1, 0.15) is 5.82 Å². The van der Waals surface area contributed by atoms with Crippen molar-refractivity contribution in [2.75, 3.05) is 0 Å². The zero-order valence-electron chi connectivity index (χ0n) is 8.69. The van der Waals surface area contributed by atoms with Gasteiger partial charge in [-0.2, -0.15) is 0 Å². The van der Waals surface area contributed by atoms with Gasteiger partial charge in [0.2, 0.25) is 0 Å². The molecule has 1 aromatic rings. The molecule has 0 aliphatic heterocycles. The van der Waals surface area contributed by atoms with Crippen LogP contribution in [0.3, 0.4) is 0 Å². The predicted octanol–water partition coefficient (Wildman–Crippen LogP) is 4.24. The van der Waals surface area contributed by atoms with Crippen LogP contribution < -0.4 is 0 Å². The molecule has 0 fully saturated rings. The lowest BCUT2D eigenvalue weighted by Gasteiger charge is -2.08. The molecule has 0 aliphatic carbocycles. The Morgan fingerprint density at radius 1 is 1.43 bits per heavy atom. The third-order valence-electron chi connectivity index (χ3n) is 2.48. The van der Waals surface area contributed by atoms with E-state index in [9.17, 15) is 4.39 Å². The highest BCUT2D eigenvalue weighted by atomic mass is 79.9. The predicted molar refractivity (Wildman–Crippen MR) is 62.5 cm³/mol. The summed E-state index contributed by atoms with van der Waals surface area (Å²) in [5.41, 5.74) is 2.31. The van der Waals surface area contributed by atoms with E-state index in [4.69, 9.17) is 0 Å². The highest BCUT2D eigenvalue weighted by molar-refractivity contribution is 9.09. The van der Waals surface area contributed by atoms with Gasteiger partial charge in [-0.25, -0.2) is 4.39 Å². The van der Waals surface area contributed by atoms with Gasteiger partial charge in [-0.1, -0.05) is 28.9 Å². The van der Waals surface area contributed by atoms with Crippen molar-refractivity contribution in [1.82, 2.24) is 0 Å². The third kappa shape index (κ3) is 3.41. The van der Waals surface area contributed by atoms with Gasteiger partial charge in [0, 0.05) is 4.83 Å². The van der Waals surface area contributed by atoms with E-state index < -0.39 is 0 Å². The second kappa shape index (κ2) is 5.50. The van der Waals surface area contributed by atoms with Crippen LogP contribution in [0.1, 0.15) is 30.9 Å². The fourth-order valence-corrected chi connectivity index (χ4v) is 1.65. The second-order valence-corrected chi connectivity index (χ2v) is 4.91. The van der Waals surface area contributed by atoms with Crippen LogP contribution in [0.25, 0.3) is 0 Å². The van der Waals surface area contributed by atoms with Gasteiger partial charge in [0.05, 0.1) is 0 Å². The molecule has 0 nitrogen and oxygen atoms in total. The number of benzene rings is 1. The largest absolute Gasteiger partial charge is 0.207 e. The maximum absolute atomic E-state index is 12.9. The van der Waals surface area contributed by atoms with Crippen LogP contribution in [0.4, 0.5) is 4.39 Å². The molecule has 14 heavy (non-hydrogen) atoms. The Hall–Kier alpha value is -0.370. The number of hydrogen-bond acceptors (Lipinski definition) is 0. The molecule has 0 spiro atoms. The van der Waals surface area contributed by atoms with Crippen LogP contribution >= 0.6 is 15.9 Å². The van der Waals surface area contributed by atoms with E-state index >= 15 is 0 Å². The lowest BCUT2D eigenvalue weighted by Crippen LogP contribution is -1.99. The average molecular weight is 259 g/mol. The number of hydrogen-bond donors (Lipinski definition) is 0. The van der Waals surface area contributed by atoms with E-state index in [1.807, 2.05) is 13.0 Å².